The molecular formula is C26H27NO6S. The van der Waals surface area contributed by atoms with Crippen LogP contribution in [-0.2, 0) is 14.8 Å². The van der Waals surface area contributed by atoms with Crippen molar-refractivity contribution in [2.24, 2.45) is 0 Å². The molecule has 178 valence electrons. The van der Waals surface area contributed by atoms with Gasteiger partial charge in [-0.05, 0) is 80.4 Å². The lowest BCUT2D eigenvalue weighted by Gasteiger charge is -2.20. The van der Waals surface area contributed by atoms with Gasteiger partial charge in [0.05, 0.1) is 23.3 Å². The summed E-state index contributed by atoms with van der Waals surface area (Å²) >= 11 is 0. The van der Waals surface area contributed by atoms with Crippen LogP contribution in [0.1, 0.15) is 38.8 Å². The maximum atomic E-state index is 13.1. The molecule has 0 amide bonds. The lowest BCUT2D eigenvalue weighted by molar-refractivity contribution is 0.0318. The molecular weight excluding hydrogens is 454 g/mol. The molecule has 0 aromatic heterocycles. The second kappa shape index (κ2) is 10.1. The van der Waals surface area contributed by atoms with Crippen LogP contribution in [0.15, 0.2) is 71.6 Å². The molecule has 0 saturated carbocycles. The smallest absolute Gasteiger partial charge is 0.338 e. The zero-order valence-electron chi connectivity index (χ0n) is 19.7. The second-order valence-electron chi connectivity index (χ2n) is 7.91. The third kappa shape index (κ3) is 5.28. The first-order chi connectivity index (χ1) is 16.0. The van der Waals surface area contributed by atoms with E-state index < -0.39 is 22.1 Å². The molecule has 3 aromatic carbocycles. The molecule has 0 spiro atoms. The number of rotatable bonds is 8. The Balaban J connectivity index is 1.78. The van der Waals surface area contributed by atoms with Crippen LogP contribution in [0, 0.1) is 13.8 Å². The van der Waals surface area contributed by atoms with Crippen molar-refractivity contribution in [3.05, 3.63) is 89.0 Å². The summed E-state index contributed by atoms with van der Waals surface area (Å²) in [6, 6.07) is 17.4. The number of anilines is 1. The molecule has 0 radical (unpaired) electrons. The number of benzene rings is 3. The van der Waals surface area contributed by atoms with Gasteiger partial charge >= 0.3 is 5.97 Å². The third-order valence-electron chi connectivity index (χ3n) is 5.61. The molecule has 0 unspecified atom stereocenters. The highest BCUT2D eigenvalue weighted by atomic mass is 32.2. The number of ether oxygens (including phenoxy) is 2. The number of ketones is 1. The summed E-state index contributed by atoms with van der Waals surface area (Å²) in [5.41, 5.74) is 2.92. The molecule has 0 aliphatic rings. The van der Waals surface area contributed by atoms with E-state index in [9.17, 15) is 18.0 Å². The van der Waals surface area contributed by atoms with Crippen molar-refractivity contribution in [2.75, 3.05) is 18.5 Å². The van der Waals surface area contributed by atoms with Gasteiger partial charge in [-0.1, -0.05) is 18.2 Å². The minimum atomic E-state index is -3.95. The van der Waals surface area contributed by atoms with Gasteiger partial charge in [-0.15, -0.1) is 0 Å². The number of sulfonamides is 1. The molecule has 7 nitrogen and oxygen atoms in total. The van der Waals surface area contributed by atoms with Crippen molar-refractivity contribution in [3.8, 4) is 5.75 Å². The van der Waals surface area contributed by atoms with E-state index in [-0.39, 0.29) is 16.2 Å². The Labute approximate surface area is 200 Å². The molecule has 3 rings (SSSR count). The number of Topliss-reactive ketones (excluding diaryl/α,β-unsaturated/α-hetero) is 1. The van der Waals surface area contributed by atoms with Crippen molar-refractivity contribution in [2.45, 2.75) is 31.8 Å². The van der Waals surface area contributed by atoms with Gasteiger partial charge < -0.3 is 9.47 Å². The summed E-state index contributed by atoms with van der Waals surface area (Å²) in [4.78, 5) is 25.3. The van der Waals surface area contributed by atoms with Gasteiger partial charge in [0.1, 0.15) is 5.75 Å². The quantitative estimate of drug-likeness (QED) is 0.346. The van der Waals surface area contributed by atoms with Crippen LogP contribution in [0.4, 0.5) is 5.69 Å². The van der Waals surface area contributed by atoms with Crippen molar-refractivity contribution in [1.82, 2.24) is 0 Å². The van der Waals surface area contributed by atoms with Crippen LogP contribution in [0.3, 0.4) is 0 Å². The Morgan fingerprint density at radius 1 is 0.882 bits per heavy atom. The van der Waals surface area contributed by atoms with Crippen LogP contribution in [0.5, 0.6) is 5.75 Å². The van der Waals surface area contributed by atoms with E-state index in [1.807, 2.05) is 19.9 Å². The maximum absolute atomic E-state index is 13.1. The third-order valence-corrected chi connectivity index (χ3v) is 7.39. The predicted molar refractivity (Wildman–Crippen MR) is 130 cm³/mol. The highest BCUT2D eigenvalue weighted by Gasteiger charge is 2.25. The van der Waals surface area contributed by atoms with E-state index in [0.717, 1.165) is 15.4 Å². The molecule has 0 saturated heterocycles. The summed E-state index contributed by atoms with van der Waals surface area (Å²) in [5.74, 6) is -0.517. The average Bonchev–Trinajstić information content (AvgIpc) is 2.84. The number of carbonyl (C=O) groups is 2. The predicted octanol–water partition coefficient (Wildman–Crippen LogP) is 4.57. The molecule has 0 bridgehead atoms. The normalized spacial score (nSPS) is 12.0. The maximum Gasteiger partial charge on any atom is 0.338 e. The van der Waals surface area contributed by atoms with E-state index in [1.54, 1.807) is 36.4 Å². The number of nitrogens with zero attached hydrogens (tertiary/aromatic N) is 1. The van der Waals surface area contributed by atoms with Gasteiger partial charge in [0, 0.05) is 12.6 Å². The minimum absolute atomic E-state index is 0.0314. The lowest BCUT2D eigenvalue weighted by Crippen LogP contribution is -2.27. The highest BCUT2D eigenvalue weighted by Crippen LogP contribution is 2.25. The van der Waals surface area contributed by atoms with Crippen molar-refractivity contribution in [1.29, 1.82) is 0 Å². The summed E-state index contributed by atoms with van der Waals surface area (Å²) < 4.78 is 37.8. The molecule has 0 fully saturated rings. The zero-order chi connectivity index (χ0) is 25.0. The van der Waals surface area contributed by atoms with Crippen LogP contribution in [-0.4, -0.2) is 40.4 Å². The fraction of sp³-hybridized carbons (Fsp3) is 0.231. The standard InChI is InChI=1S/C26H27NO6S/c1-17-9-10-20(15-18(17)2)25(28)19(3)33-26(29)21-7-6-8-24(16-21)34(30,31)27(4)22-11-13-23(32-5)14-12-22/h6-16,19H,1-5H3/t19-/m1/s1. The number of hydrogen-bond donors (Lipinski definition) is 0. The minimum Gasteiger partial charge on any atom is -0.497 e. The Morgan fingerprint density at radius 2 is 1.56 bits per heavy atom. The Kier molecular flexibility index (Phi) is 7.41. The summed E-state index contributed by atoms with van der Waals surface area (Å²) in [7, 11) is -0.999. The molecule has 0 heterocycles. The largest absolute Gasteiger partial charge is 0.497 e. The van der Waals surface area contributed by atoms with E-state index in [2.05, 4.69) is 0 Å². The van der Waals surface area contributed by atoms with Gasteiger partial charge in [-0.25, -0.2) is 13.2 Å². The zero-order valence-corrected chi connectivity index (χ0v) is 20.5. The molecule has 34 heavy (non-hydrogen) atoms. The Morgan fingerprint density at radius 3 is 2.18 bits per heavy atom. The van der Waals surface area contributed by atoms with E-state index in [0.29, 0.717) is 17.0 Å². The molecule has 0 aliphatic heterocycles. The van der Waals surface area contributed by atoms with Gasteiger partial charge in [0.15, 0.2) is 6.10 Å². The van der Waals surface area contributed by atoms with Crippen LogP contribution >= 0.6 is 0 Å². The van der Waals surface area contributed by atoms with Crippen LogP contribution < -0.4 is 9.04 Å². The van der Waals surface area contributed by atoms with Crippen LogP contribution in [0.25, 0.3) is 0 Å². The molecule has 3 aromatic rings. The number of hydrogen-bond acceptors (Lipinski definition) is 6. The first kappa shape index (κ1) is 25.0. The SMILES string of the molecule is COc1ccc(N(C)S(=O)(=O)c2cccc(C(=O)O[C@H](C)C(=O)c3ccc(C)c(C)c3)c2)cc1. The van der Waals surface area contributed by atoms with E-state index in [1.165, 1.54) is 45.3 Å². The molecule has 0 N–H and O–H groups in total. The first-order valence-electron chi connectivity index (χ1n) is 10.6. The number of carbonyl (C=O) groups excluding carboxylic acids is 2. The first-order valence-corrected chi connectivity index (χ1v) is 12.0. The van der Waals surface area contributed by atoms with Gasteiger partial charge in [-0.3, -0.25) is 9.10 Å². The monoisotopic (exact) mass is 481 g/mol. The van der Waals surface area contributed by atoms with E-state index in [4.69, 9.17) is 9.47 Å². The van der Waals surface area contributed by atoms with Gasteiger partial charge in [0.2, 0.25) is 5.78 Å². The number of esters is 1. The number of methoxy groups -OCH3 is 1. The Bertz CT molecular complexity index is 1320. The second-order valence-corrected chi connectivity index (χ2v) is 9.88. The Hall–Kier alpha value is -3.65. The van der Waals surface area contributed by atoms with Gasteiger partial charge in [0.25, 0.3) is 10.0 Å². The summed E-state index contributed by atoms with van der Waals surface area (Å²) in [6.07, 6.45) is -1.03. The van der Waals surface area contributed by atoms with Crippen molar-refractivity contribution >= 4 is 27.5 Å². The van der Waals surface area contributed by atoms with Gasteiger partial charge in [-0.2, -0.15) is 0 Å². The van der Waals surface area contributed by atoms with Crippen molar-refractivity contribution < 1.29 is 27.5 Å². The molecule has 8 heteroatoms. The summed E-state index contributed by atoms with van der Waals surface area (Å²) in [5, 5.41) is 0. The average molecular weight is 482 g/mol. The van der Waals surface area contributed by atoms with E-state index >= 15 is 0 Å². The topological polar surface area (TPSA) is 90.0 Å². The number of aryl methyl sites for hydroxylation is 2. The summed E-state index contributed by atoms with van der Waals surface area (Å²) in [6.45, 7) is 5.34. The fourth-order valence-electron chi connectivity index (χ4n) is 3.28. The highest BCUT2D eigenvalue weighted by molar-refractivity contribution is 7.92. The molecule has 1 atom stereocenters. The fourth-order valence-corrected chi connectivity index (χ4v) is 4.53. The molecule has 0 aliphatic carbocycles. The van der Waals surface area contributed by atoms with Crippen molar-refractivity contribution in [3.63, 3.8) is 0 Å². The lowest BCUT2D eigenvalue weighted by atomic mass is 10.0. The van der Waals surface area contributed by atoms with Crippen LogP contribution in [0.2, 0.25) is 0 Å².